The van der Waals surface area contributed by atoms with E-state index >= 15 is 0 Å². The number of para-hydroxylation sites is 1. The van der Waals surface area contributed by atoms with Gasteiger partial charge in [-0.3, -0.25) is 19.7 Å². The molecule has 1 aromatic rings. The monoisotopic (exact) mass is 292 g/mol. The largest absolute Gasteiger partial charge is 0.383 e. The zero-order chi connectivity index (χ0) is 15.6. The predicted octanol–water partition coefficient (Wildman–Crippen LogP) is 0.551. The molecule has 0 bridgehead atoms. The third-order valence-corrected chi connectivity index (χ3v) is 3.46. The average molecular weight is 292 g/mol. The molecule has 1 fully saturated rings. The van der Waals surface area contributed by atoms with E-state index in [-0.39, 0.29) is 29.4 Å². The average Bonchev–Trinajstić information content (AvgIpc) is 2.48. The van der Waals surface area contributed by atoms with Gasteiger partial charge in [0.05, 0.1) is 4.92 Å². The van der Waals surface area contributed by atoms with Crippen LogP contribution in [0.3, 0.4) is 0 Å². The molecular weight excluding hydrogens is 276 g/mol. The lowest BCUT2D eigenvalue weighted by Gasteiger charge is -2.31. The predicted molar refractivity (Wildman–Crippen MR) is 76.2 cm³/mol. The van der Waals surface area contributed by atoms with Crippen molar-refractivity contribution in [3.8, 4) is 0 Å². The van der Waals surface area contributed by atoms with E-state index in [4.69, 9.17) is 0 Å². The van der Waals surface area contributed by atoms with Crippen LogP contribution in [0.15, 0.2) is 18.2 Å². The van der Waals surface area contributed by atoms with Crippen molar-refractivity contribution in [1.29, 1.82) is 0 Å². The molecule has 0 atom stereocenters. The van der Waals surface area contributed by atoms with E-state index in [2.05, 4.69) is 5.32 Å². The summed E-state index contributed by atoms with van der Waals surface area (Å²) in [4.78, 5) is 37.6. The van der Waals surface area contributed by atoms with E-state index in [1.54, 1.807) is 20.2 Å². The highest BCUT2D eigenvalue weighted by molar-refractivity contribution is 6.02. The maximum Gasteiger partial charge on any atom is 0.305 e. The standard InChI is InChI=1S/C13H16N4O4/c1-14-10-5-3-4-9(12(10)17(20)21)13(19)16-7-6-15(2)11(18)8-16/h3-5,14H,6-8H2,1-2H3. The van der Waals surface area contributed by atoms with Gasteiger partial charge in [-0.05, 0) is 12.1 Å². The topological polar surface area (TPSA) is 95.8 Å². The Morgan fingerprint density at radius 2 is 2.10 bits per heavy atom. The Kier molecular flexibility index (Phi) is 4.06. The highest BCUT2D eigenvalue weighted by atomic mass is 16.6. The number of hydrogen-bond acceptors (Lipinski definition) is 5. The highest BCUT2D eigenvalue weighted by Crippen LogP contribution is 2.29. The van der Waals surface area contributed by atoms with Crippen molar-refractivity contribution in [3.05, 3.63) is 33.9 Å². The van der Waals surface area contributed by atoms with Crippen LogP contribution in [0.1, 0.15) is 10.4 Å². The minimum atomic E-state index is -0.586. The molecule has 0 unspecified atom stereocenters. The number of hydrogen-bond donors (Lipinski definition) is 1. The second-order valence-electron chi connectivity index (χ2n) is 4.75. The van der Waals surface area contributed by atoms with Gasteiger partial charge >= 0.3 is 5.69 Å². The van der Waals surface area contributed by atoms with Gasteiger partial charge in [-0.1, -0.05) is 6.07 Å². The van der Waals surface area contributed by atoms with E-state index in [1.165, 1.54) is 21.9 Å². The number of anilines is 1. The van der Waals surface area contributed by atoms with E-state index < -0.39 is 10.8 Å². The van der Waals surface area contributed by atoms with E-state index in [0.717, 1.165) is 0 Å². The Hall–Kier alpha value is -2.64. The Labute approximate surface area is 121 Å². The van der Waals surface area contributed by atoms with Crippen LogP contribution in [0.5, 0.6) is 0 Å². The smallest absolute Gasteiger partial charge is 0.305 e. The first-order valence-corrected chi connectivity index (χ1v) is 6.44. The maximum atomic E-state index is 12.5. The molecule has 2 rings (SSSR count). The molecule has 0 saturated carbocycles. The normalized spacial score (nSPS) is 15.0. The number of likely N-dealkylation sites (N-methyl/N-ethyl adjacent to an activating group) is 1. The van der Waals surface area contributed by atoms with Crippen LogP contribution in [0.25, 0.3) is 0 Å². The minimum absolute atomic E-state index is 0.01000. The fraction of sp³-hybridized carbons (Fsp3) is 0.385. The lowest BCUT2D eigenvalue weighted by molar-refractivity contribution is -0.384. The van der Waals surface area contributed by atoms with Crippen molar-refractivity contribution in [2.24, 2.45) is 0 Å². The summed E-state index contributed by atoms with van der Waals surface area (Å²) in [6.45, 7) is 0.725. The third kappa shape index (κ3) is 2.78. The number of piperazine rings is 1. The van der Waals surface area contributed by atoms with Crippen LogP contribution in [-0.4, -0.2) is 60.3 Å². The molecule has 0 aliphatic carbocycles. The molecule has 1 aliphatic heterocycles. The third-order valence-electron chi connectivity index (χ3n) is 3.46. The van der Waals surface area contributed by atoms with E-state index in [9.17, 15) is 19.7 Å². The van der Waals surface area contributed by atoms with Gasteiger partial charge in [0.25, 0.3) is 5.91 Å². The first-order chi connectivity index (χ1) is 9.95. The van der Waals surface area contributed by atoms with Crippen molar-refractivity contribution < 1.29 is 14.5 Å². The van der Waals surface area contributed by atoms with Gasteiger partial charge in [-0.15, -0.1) is 0 Å². The van der Waals surface area contributed by atoms with Gasteiger partial charge in [0.2, 0.25) is 5.91 Å². The lowest BCUT2D eigenvalue weighted by Crippen LogP contribution is -2.50. The van der Waals surface area contributed by atoms with Crippen LogP contribution in [0.4, 0.5) is 11.4 Å². The molecule has 1 heterocycles. The summed E-state index contributed by atoms with van der Waals surface area (Å²) in [5, 5.41) is 13.9. The van der Waals surface area contributed by atoms with Crippen LogP contribution in [-0.2, 0) is 4.79 Å². The molecular formula is C13H16N4O4. The first kappa shape index (κ1) is 14.8. The zero-order valence-electron chi connectivity index (χ0n) is 11.8. The summed E-state index contributed by atoms with van der Waals surface area (Å²) in [5.41, 5.74) is -0.00751. The Morgan fingerprint density at radius 1 is 1.38 bits per heavy atom. The number of nitro benzene ring substituents is 1. The maximum absolute atomic E-state index is 12.5. The molecule has 1 aromatic carbocycles. The first-order valence-electron chi connectivity index (χ1n) is 6.44. The molecule has 1 N–H and O–H groups in total. The number of rotatable bonds is 3. The lowest BCUT2D eigenvalue weighted by atomic mass is 10.1. The Morgan fingerprint density at radius 3 is 2.67 bits per heavy atom. The van der Waals surface area contributed by atoms with Gasteiger partial charge < -0.3 is 15.1 Å². The number of carbonyl (C=O) groups excluding carboxylic acids is 2. The van der Waals surface area contributed by atoms with Gasteiger partial charge in [0.15, 0.2) is 0 Å². The van der Waals surface area contributed by atoms with Gasteiger partial charge in [-0.2, -0.15) is 0 Å². The molecule has 8 nitrogen and oxygen atoms in total. The molecule has 1 aliphatic rings. The van der Waals surface area contributed by atoms with Crippen LogP contribution < -0.4 is 5.32 Å². The SMILES string of the molecule is CNc1cccc(C(=O)N2CCN(C)C(=O)C2)c1[N+](=O)[O-]. The second-order valence-corrected chi connectivity index (χ2v) is 4.75. The quantitative estimate of drug-likeness (QED) is 0.648. The zero-order valence-corrected chi connectivity index (χ0v) is 11.8. The van der Waals surface area contributed by atoms with Crippen molar-refractivity contribution in [3.63, 3.8) is 0 Å². The van der Waals surface area contributed by atoms with Crippen LogP contribution >= 0.6 is 0 Å². The molecule has 0 spiro atoms. The molecule has 112 valence electrons. The summed E-state index contributed by atoms with van der Waals surface area (Å²) >= 11 is 0. The molecule has 0 aromatic heterocycles. The summed E-state index contributed by atoms with van der Waals surface area (Å²) in [5.74, 6) is -0.678. The molecule has 0 radical (unpaired) electrons. The van der Waals surface area contributed by atoms with Gasteiger partial charge in [-0.25, -0.2) is 0 Å². The second kappa shape index (κ2) is 5.78. The van der Waals surface area contributed by atoms with Crippen molar-refractivity contribution >= 4 is 23.2 Å². The molecule has 2 amide bonds. The Bertz CT molecular complexity index is 602. The minimum Gasteiger partial charge on any atom is -0.383 e. The summed E-state index contributed by atoms with van der Waals surface area (Å²) in [6, 6.07) is 4.51. The van der Waals surface area contributed by atoms with Crippen molar-refractivity contribution in [2.45, 2.75) is 0 Å². The Balaban J connectivity index is 2.35. The van der Waals surface area contributed by atoms with Crippen molar-refractivity contribution in [1.82, 2.24) is 9.80 Å². The van der Waals surface area contributed by atoms with Crippen molar-refractivity contribution in [2.75, 3.05) is 39.0 Å². The summed E-state index contributed by atoms with van der Waals surface area (Å²) < 4.78 is 0. The van der Waals surface area contributed by atoms with Gasteiger partial charge in [0.1, 0.15) is 17.8 Å². The number of benzene rings is 1. The van der Waals surface area contributed by atoms with Crippen LogP contribution in [0.2, 0.25) is 0 Å². The highest BCUT2D eigenvalue weighted by Gasteiger charge is 2.31. The number of nitrogens with one attached hydrogen (secondary N) is 1. The molecule has 1 saturated heterocycles. The fourth-order valence-electron chi connectivity index (χ4n) is 2.22. The molecule has 8 heteroatoms. The number of nitro groups is 1. The number of amides is 2. The number of nitrogens with zero attached hydrogens (tertiary/aromatic N) is 3. The van der Waals surface area contributed by atoms with Gasteiger partial charge in [0, 0.05) is 27.2 Å². The van der Waals surface area contributed by atoms with Crippen LogP contribution in [0, 0.1) is 10.1 Å². The summed E-state index contributed by atoms with van der Waals surface area (Å²) in [6.07, 6.45) is 0. The van der Waals surface area contributed by atoms with E-state index in [1.807, 2.05) is 0 Å². The molecule has 21 heavy (non-hydrogen) atoms. The van der Waals surface area contributed by atoms with E-state index in [0.29, 0.717) is 13.1 Å². The number of carbonyl (C=O) groups is 2. The fourth-order valence-corrected chi connectivity index (χ4v) is 2.22. The summed E-state index contributed by atoms with van der Waals surface area (Å²) in [7, 11) is 3.21.